The summed E-state index contributed by atoms with van der Waals surface area (Å²) in [7, 11) is 0. The largest absolute Gasteiger partial charge is 0.481 e. The molecule has 0 bridgehead atoms. The molecule has 22 heavy (non-hydrogen) atoms. The molecule has 0 aromatic carbocycles. The molecule has 1 aliphatic heterocycles. The van der Waals surface area contributed by atoms with E-state index in [9.17, 15) is 14.4 Å². The number of rotatable bonds is 3. The summed E-state index contributed by atoms with van der Waals surface area (Å²) in [6, 6.07) is -0.518. The topological polar surface area (TPSA) is 83.9 Å². The molecule has 1 N–H and O–H groups in total. The van der Waals surface area contributed by atoms with Crippen LogP contribution in [-0.4, -0.2) is 46.0 Å². The van der Waals surface area contributed by atoms with Crippen molar-refractivity contribution in [3.8, 4) is 0 Å². The molecule has 1 amide bonds. The lowest BCUT2D eigenvalue weighted by molar-refractivity contribution is -0.164. The van der Waals surface area contributed by atoms with Crippen LogP contribution in [0.1, 0.15) is 52.9 Å². The van der Waals surface area contributed by atoms with Crippen molar-refractivity contribution in [3.05, 3.63) is 0 Å². The van der Waals surface area contributed by atoms with Crippen molar-refractivity contribution < 1.29 is 24.2 Å². The van der Waals surface area contributed by atoms with E-state index in [2.05, 4.69) is 0 Å². The van der Waals surface area contributed by atoms with Gasteiger partial charge in [0.05, 0.1) is 5.92 Å². The van der Waals surface area contributed by atoms with Gasteiger partial charge in [0.25, 0.3) is 0 Å². The Kier molecular flexibility index (Phi) is 4.78. The number of likely N-dealkylation sites (tertiary alicyclic amines) is 1. The molecule has 3 atom stereocenters. The molecule has 2 rings (SSSR count). The van der Waals surface area contributed by atoms with Gasteiger partial charge in [-0.15, -0.1) is 0 Å². The summed E-state index contributed by atoms with van der Waals surface area (Å²) in [6.45, 7) is 5.97. The number of nitrogens with zero attached hydrogens (tertiary/aromatic N) is 1. The number of carboxylic acids is 1. The molecule has 0 aromatic rings. The van der Waals surface area contributed by atoms with Crippen molar-refractivity contribution in [1.29, 1.82) is 0 Å². The van der Waals surface area contributed by atoms with Crippen LogP contribution in [0.4, 0.5) is 0 Å². The number of hydrogen-bond donors (Lipinski definition) is 1. The first-order valence-corrected chi connectivity index (χ1v) is 7.95. The van der Waals surface area contributed by atoms with E-state index in [1.807, 2.05) is 0 Å². The zero-order chi connectivity index (χ0) is 16.5. The van der Waals surface area contributed by atoms with E-state index < -0.39 is 23.5 Å². The fourth-order valence-electron chi connectivity index (χ4n) is 3.31. The maximum atomic E-state index is 12.6. The first-order chi connectivity index (χ1) is 10.2. The van der Waals surface area contributed by atoms with E-state index in [-0.39, 0.29) is 17.8 Å². The first kappa shape index (κ1) is 16.8. The third kappa shape index (κ3) is 3.78. The Morgan fingerprint density at radius 2 is 1.73 bits per heavy atom. The molecule has 124 valence electrons. The molecular weight excluding hydrogens is 286 g/mol. The zero-order valence-electron chi connectivity index (χ0n) is 13.5. The highest BCUT2D eigenvalue weighted by molar-refractivity contribution is 5.87. The van der Waals surface area contributed by atoms with Gasteiger partial charge in [0.15, 0.2) is 0 Å². The summed E-state index contributed by atoms with van der Waals surface area (Å²) in [5.41, 5.74) is -0.573. The van der Waals surface area contributed by atoms with Crippen LogP contribution in [0.25, 0.3) is 0 Å². The van der Waals surface area contributed by atoms with Crippen molar-refractivity contribution in [1.82, 2.24) is 4.90 Å². The predicted octanol–water partition coefficient (Wildman–Crippen LogP) is 1.82. The van der Waals surface area contributed by atoms with Gasteiger partial charge in [-0.05, 0) is 52.9 Å². The summed E-state index contributed by atoms with van der Waals surface area (Å²) in [4.78, 5) is 37.5. The summed E-state index contributed by atoms with van der Waals surface area (Å²) >= 11 is 0. The van der Waals surface area contributed by atoms with Crippen LogP contribution >= 0.6 is 0 Å². The van der Waals surface area contributed by atoms with E-state index in [0.29, 0.717) is 32.2 Å². The molecule has 1 aliphatic carbocycles. The Morgan fingerprint density at radius 3 is 2.27 bits per heavy atom. The fourth-order valence-corrected chi connectivity index (χ4v) is 3.31. The minimum Gasteiger partial charge on any atom is -0.481 e. The van der Waals surface area contributed by atoms with Gasteiger partial charge < -0.3 is 14.7 Å². The van der Waals surface area contributed by atoms with Crippen LogP contribution in [0.5, 0.6) is 0 Å². The molecule has 6 heteroatoms. The van der Waals surface area contributed by atoms with Crippen LogP contribution in [-0.2, 0) is 19.1 Å². The summed E-state index contributed by atoms with van der Waals surface area (Å²) in [5.74, 6) is -1.98. The van der Waals surface area contributed by atoms with Crippen LogP contribution in [0, 0.1) is 11.8 Å². The van der Waals surface area contributed by atoms with Gasteiger partial charge in [-0.25, -0.2) is 4.79 Å². The Hall–Kier alpha value is -1.59. The lowest BCUT2D eigenvalue weighted by Gasteiger charge is -2.29. The average molecular weight is 311 g/mol. The number of esters is 1. The fraction of sp³-hybridized carbons (Fsp3) is 0.812. The second kappa shape index (κ2) is 6.26. The quantitative estimate of drug-likeness (QED) is 0.804. The van der Waals surface area contributed by atoms with Crippen molar-refractivity contribution in [3.63, 3.8) is 0 Å². The maximum absolute atomic E-state index is 12.6. The molecule has 1 saturated carbocycles. The number of hydrogen-bond acceptors (Lipinski definition) is 4. The molecule has 1 unspecified atom stereocenters. The van der Waals surface area contributed by atoms with Crippen LogP contribution in [0.2, 0.25) is 0 Å². The Bertz CT molecular complexity index is 468. The maximum Gasteiger partial charge on any atom is 0.329 e. The second-order valence-corrected chi connectivity index (χ2v) is 7.27. The highest BCUT2D eigenvalue weighted by Gasteiger charge is 2.42. The van der Waals surface area contributed by atoms with Gasteiger partial charge in [0, 0.05) is 12.5 Å². The minimum absolute atomic E-state index is 0.0860. The lowest BCUT2D eigenvalue weighted by atomic mass is 10.0. The standard InChI is InChI=1S/C16H25NO5/c1-16(2,3)22-15(21)12-5-4-8-17(12)13(18)10-6-7-11(9-10)14(19)20/h10-12H,4-9H2,1-3H3,(H,19,20)/t10-,11+,12?/m1/s1. The second-order valence-electron chi connectivity index (χ2n) is 7.27. The number of carbonyl (C=O) groups excluding carboxylic acids is 2. The molecule has 6 nitrogen and oxygen atoms in total. The number of carboxylic acid groups (broad SMARTS) is 1. The van der Waals surface area contributed by atoms with Crippen LogP contribution < -0.4 is 0 Å². The van der Waals surface area contributed by atoms with E-state index in [4.69, 9.17) is 9.84 Å². The van der Waals surface area contributed by atoms with Gasteiger partial charge in [0.1, 0.15) is 11.6 Å². The molecule has 1 heterocycles. The summed E-state index contributed by atoms with van der Waals surface area (Å²) < 4.78 is 5.40. The van der Waals surface area contributed by atoms with Crippen molar-refractivity contribution >= 4 is 17.8 Å². The predicted molar refractivity (Wildman–Crippen MR) is 79.0 cm³/mol. The van der Waals surface area contributed by atoms with Gasteiger partial charge in [-0.3, -0.25) is 9.59 Å². The zero-order valence-corrected chi connectivity index (χ0v) is 13.5. The molecule has 1 saturated heterocycles. The molecular formula is C16H25NO5. The number of amides is 1. The van der Waals surface area contributed by atoms with Gasteiger partial charge >= 0.3 is 11.9 Å². The molecule has 2 aliphatic rings. The van der Waals surface area contributed by atoms with Crippen molar-refractivity contribution in [2.45, 2.75) is 64.5 Å². The highest BCUT2D eigenvalue weighted by Crippen LogP contribution is 2.34. The lowest BCUT2D eigenvalue weighted by Crippen LogP contribution is -2.45. The number of aliphatic carboxylic acids is 1. The van der Waals surface area contributed by atoms with Gasteiger partial charge in [-0.1, -0.05) is 0 Å². The van der Waals surface area contributed by atoms with E-state index in [0.717, 1.165) is 6.42 Å². The van der Waals surface area contributed by atoms with Gasteiger partial charge in [0.2, 0.25) is 5.91 Å². The molecule has 0 spiro atoms. The van der Waals surface area contributed by atoms with Crippen LogP contribution in [0.15, 0.2) is 0 Å². The monoisotopic (exact) mass is 311 g/mol. The third-order valence-electron chi connectivity index (χ3n) is 4.35. The highest BCUT2D eigenvalue weighted by atomic mass is 16.6. The average Bonchev–Trinajstić information content (AvgIpc) is 3.05. The van der Waals surface area contributed by atoms with E-state index in [1.165, 1.54) is 0 Å². The number of ether oxygens (including phenoxy) is 1. The summed E-state index contributed by atoms with van der Waals surface area (Å²) in [5, 5.41) is 9.05. The van der Waals surface area contributed by atoms with E-state index >= 15 is 0 Å². The molecule has 2 fully saturated rings. The Balaban J connectivity index is 2.00. The van der Waals surface area contributed by atoms with Gasteiger partial charge in [-0.2, -0.15) is 0 Å². The van der Waals surface area contributed by atoms with Crippen LogP contribution in [0.3, 0.4) is 0 Å². The Labute approximate surface area is 130 Å². The van der Waals surface area contributed by atoms with E-state index in [1.54, 1.807) is 25.7 Å². The minimum atomic E-state index is -0.833. The number of carbonyl (C=O) groups is 3. The van der Waals surface area contributed by atoms with Crippen molar-refractivity contribution in [2.24, 2.45) is 11.8 Å². The normalized spacial score (nSPS) is 28.7. The van der Waals surface area contributed by atoms with Crippen molar-refractivity contribution in [2.75, 3.05) is 6.54 Å². The smallest absolute Gasteiger partial charge is 0.329 e. The molecule has 0 aromatic heterocycles. The molecule has 0 radical (unpaired) electrons. The first-order valence-electron chi connectivity index (χ1n) is 7.95. The SMILES string of the molecule is CC(C)(C)OC(=O)C1CCCN1C(=O)[C@@H]1CC[C@H](C(=O)O)C1. The third-order valence-corrected chi connectivity index (χ3v) is 4.35. The Morgan fingerprint density at radius 1 is 1.09 bits per heavy atom. The summed E-state index contributed by atoms with van der Waals surface area (Å²) in [6.07, 6.45) is 2.91.